The van der Waals surface area contributed by atoms with Gasteiger partial charge in [-0.05, 0) is 37.1 Å². The Bertz CT molecular complexity index is 904. The Morgan fingerprint density at radius 3 is 2.74 bits per heavy atom. The summed E-state index contributed by atoms with van der Waals surface area (Å²) in [6.45, 7) is 5.71. The van der Waals surface area contributed by atoms with Crippen LogP contribution in [-0.2, 0) is 13.1 Å². The molecule has 3 rings (SSSR count). The topological polar surface area (TPSA) is 68.2 Å². The van der Waals surface area contributed by atoms with Gasteiger partial charge < -0.3 is 19.9 Å². The smallest absolute Gasteiger partial charge is 0.319 e. The summed E-state index contributed by atoms with van der Waals surface area (Å²) in [7, 11) is 0. The second-order valence-electron chi connectivity index (χ2n) is 6.19. The maximum Gasteiger partial charge on any atom is 0.319 e. The molecular formula is C21H24N4O2. The molecule has 0 aliphatic rings. The van der Waals surface area contributed by atoms with Gasteiger partial charge in [0, 0.05) is 37.2 Å². The predicted molar refractivity (Wildman–Crippen MR) is 106 cm³/mol. The van der Waals surface area contributed by atoms with Crippen LogP contribution in [0.1, 0.15) is 23.9 Å². The van der Waals surface area contributed by atoms with Gasteiger partial charge >= 0.3 is 6.03 Å². The number of aromatic nitrogens is 2. The van der Waals surface area contributed by atoms with E-state index in [1.165, 1.54) is 5.56 Å². The Hall–Kier alpha value is -3.28. The quantitative estimate of drug-likeness (QED) is 0.667. The fraction of sp³-hybridized carbons (Fsp3) is 0.238. The fourth-order valence-electron chi connectivity index (χ4n) is 2.79. The number of urea groups is 1. The van der Waals surface area contributed by atoms with Crippen LogP contribution in [0.5, 0.6) is 5.75 Å². The highest BCUT2D eigenvalue weighted by Crippen LogP contribution is 2.17. The highest BCUT2D eigenvalue weighted by Gasteiger charge is 2.04. The molecule has 0 spiro atoms. The van der Waals surface area contributed by atoms with Crippen molar-refractivity contribution in [3.63, 3.8) is 0 Å². The second kappa shape index (κ2) is 8.89. The molecule has 0 fully saturated rings. The molecule has 0 saturated carbocycles. The van der Waals surface area contributed by atoms with E-state index in [1.807, 2.05) is 50.4 Å². The summed E-state index contributed by atoms with van der Waals surface area (Å²) in [5.41, 5.74) is 2.91. The van der Waals surface area contributed by atoms with Crippen molar-refractivity contribution in [2.45, 2.75) is 26.9 Å². The van der Waals surface area contributed by atoms with Gasteiger partial charge in [-0.15, -0.1) is 0 Å². The molecule has 140 valence electrons. The van der Waals surface area contributed by atoms with Crippen LogP contribution in [0, 0.1) is 6.92 Å². The third-order valence-electron chi connectivity index (χ3n) is 4.12. The maximum atomic E-state index is 12.2. The number of imidazole rings is 1. The molecule has 3 aromatic rings. The number of anilines is 1. The Morgan fingerprint density at radius 2 is 1.96 bits per heavy atom. The predicted octanol–water partition coefficient (Wildman–Crippen LogP) is 3.96. The molecule has 0 saturated heterocycles. The Labute approximate surface area is 159 Å². The van der Waals surface area contributed by atoms with E-state index in [0.717, 1.165) is 23.7 Å². The van der Waals surface area contributed by atoms with Crippen LogP contribution in [0.3, 0.4) is 0 Å². The average Bonchev–Trinajstić information content (AvgIpc) is 3.06. The molecular weight excluding hydrogens is 340 g/mol. The molecule has 6 heteroatoms. The van der Waals surface area contributed by atoms with Gasteiger partial charge in [-0.3, -0.25) is 0 Å². The van der Waals surface area contributed by atoms with Crippen LogP contribution >= 0.6 is 0 Å². The molecule has 0 aliphatic carbocycles. The van der Waals surface area contributed by atoms with E-state index in [4.69, 9.17) is 4.74 Å². The van der Waals surface area contributed by atoms with Crippen molar-refractivity contribution < 1.29 is 9.53 Å². The van der Waals surface area contributed by atoms with Crippen LogP contribution in [0.15, 0.2) is 60.9 Å². The van der Waals surface area contributed by atoms with E-state index in [1.54, 1.807) is 12.3 Å². The van der Waals surface area contributed by atoms with Crippen molar-refractivity contribution in [3.8, 4) is 5.75 Å². The Morgan fingerprint density at radius 1 is 1.15 bits per heavy atom. The van der Waals surface area contributed by atoms with E-state index in [2.05, 4.69) is 32.3 Å². The lowest BCUT2D eigenvalue weighted by Crippen LogP contribution is -2.28. The van der Waals surface area contributed by atoms with Crippen LogP contribution < -0.4 is 15.4 Å². The van der Waals surface area contributed by atoms with Crippen molar-refractivity contribution in [2.24, 2.45) is 0 Å². The molecule has 2 aromatic carbocycles. The lowest BCUT2D eigenvalue weighted by Gasteiger charge is -2.11. The number of hydrogen-bond acceptors (Lipinski definition) is 3. The van der Waals surface area contributed by atoms with Gasteiger partial charge in [0.25, 0.3) is 0 Å². The summed E-state index contributed by atoms with van der Waals surface area (Å²) in [6.07, 6.45) is 3.76. The number of carbonyl (C=O) groups excluding carboxylic acids is 1. The first-order valence-corrected chi connectivity index (χ1v) is 8.97. The molecule has 0 atom stereocenters. The van der Waals surface area contributed by atoms with Gasteiger partial charge in [-0.2, -0.15) is 0 Å². The number of ether oxygens (including phenoxy) is 1. The lowest BCUT2D eigenvalue weighted by atomic mass is 10.1. The summed E-state index contributed by atoms with van der Waals surface area (Å²) in [5, 5.41) is 5.71. The van der Waals surface area contributed by atoms with Gasteiger partial charge in [-0.25, -0.2) is 9.78 Å². The first kappa shape index (κ1) is 18.5. The highest BCUT2D eigenvalue weighted by molar-refractivity contribution is 5.89. The van der Waals surface area contributed by atoms with Gasteiger partial charge in [0.15, 0.2) is 0 Å². The second-order valence-corrected chi connectivity index (χ2v) is 6.19. The number of rotatable bonds is 7. The van der Waals surface area contributed by atoms with Crippen LogP contribution in [0.25, 0.3) is 0 Å². The number of amides is 2. The summed E-state index contributed by atoms with van der Waals surface area (Å²) in [5.74, 6) is 1.71. The molecule has 1 aromatic heterocycles. The SMILES string of the molecule is CCOc1cccc(NC(=O)NCc2cccc(Cn3ccnc3C)c2)c1. The highest BCUT2D eigenvalue weighted by atomic mass is 16.5. The number of hydrogen-bond donors (Lipinski definition) is 2. The van der Waals surface area contributed by atoms with Crippen LogP contribution in [0.4, 0.5) is 10.5 Å². The van der Waals surface area contributed by atoms with Crippen LogP contribution in [-0.4, -0.2) is 22.2 Å². The molecule has 0 unspecified atom stereocenters. The normalized spacial score (nSPS) is 10.4. The maximum absolute atomic E-state index is 12.2. The molecule has 2 amide bonds. The van der Waals surface area contributed by atoms with Crippen molar-refractivity contribution in [1.82, 2.24) is 14.9 Å². The zero-order valence-electron chi connectivity index (χ0n) is 15.6. The molecule has 1 heterocycles. The fourth-order valence-corrected chi connectivity index (χ4v) is 2.79. The van der Waals surface area contributed by atoms with E-state index in [0.29, 0.717) is 18.8 Å². The summed E-state index contributed by atoms with van der Waals surface area (Å²) < 4.78 is 7.53. The van der Waals surface area contributed by atoms with Gasteiger partial charge in [-0.1, -0.05) is 30.3 Å². The third-order valence-corrected chi connectivity index (χ3v) is 4.12. The summed E-state index contributed by atoms with van der Waals surface area (Å²) >= 11 is 0. The van der Waals surface area contributed by atoms with E-state index in [9.17, 15) is 4.79 Å². The number of aryl methyl sites for hydroxylation is 1. The molecule has 27 heavy (non-hydrogen) atoms. The largest absolute Gasteiger partial charge is 0.494 e. The first-order valence-electron chi connectivity index (χ1n) is 8.97. The van der Waals surface area contributed by atoms with Gasteiger partial charge in [0.1, 0.15) is 11.6 Å². The minimum absolute atomic E-state index is 0.250. The molecule has 0 aliphatic heterocycles. The third kappa shape index (κ3) is 5.34. The lowest BCUT2D eigenvalue weighted by molar-refractivity contribution is 0.251. The van der Waals surface area contributed by atoms with Crippen molar-refractivity contribution in [3.05, 3.63) is 77.9 Å². The van der Waals surface area contributed by atoms with Crippen molar-refractivity contribution >= 4 is 11.7 Å². The molecule has 0 bridgehead atoms. The minimum atomic E-state index is -0.250. The first-order chi connectivity index (χ1) is 13.1. The summed E-state index contributed by atoms with van der Waals surface area (Å²) in [4.78, 5) is 16.4. The Balaban J connectivity index is 1.55. The standard InChI is InChI=1S/C21H24N4O2/c1-3-27-20-9-5-8-19(13-20)24-21(26)23-14-17-6-4-7-18(12-17)15-25-11-10-22-16(25)2/h4-13H,3,14-15H2,1-2H3,(H2,23,24,26). The zero-order chi connectivity index (χ0) is 19.1. The van der Waals surface area contributed by atoms with Gasteiger partial charge in [0.2, 0.25) is 0 Å². The number of nitrogens with zero attached hydrogens (tertiary/aromatic N) is 2. The van der Waals surface area contributed by atoms with E-state index < -0.39 is 0 Å². The average molecular weight is 364 g/mol. The van der Waals surface area contributed by atoms with E-state index >= 15 is 0 Å². The van der Waals surface area contributed by atoms with Crippen LogP contribution in [0.2, 0.25) is 0 Å². The molecule has 2 N–H and O–H groups in total. The van der Waals surface area contributed by atoms with Gasteiger partial charge in [0.05, 0.1) is 6.61 Å². The zero-order valence-corrected chi connectivity index (χ0v) is 15.6. The number of carbonyl (C=O) groups is 1. The number of nitrogens with one attached hydrogen (secondary N) is 2. The monoisotopic (exact) mass is 364 g/mol. The molecule has 6 nitrogen and oxygen atoms in total. The van der Waals surface area contributed by atoms with E-state index in [-0.39, 0.29) is 6.03 Å². The Kier molecular flexibility index (Phi) is 6.10. The number of benzene rings is 2. The summed E-state index contributed by atoms with van der Waals surface area (Å²) in [6, 6.07) is 15.3. The van der Waals surface area contributed by atoms with Crippen molar-refractivity contribution in [1.29, 1.82) is 0 Å². The minimum Gasteiger partial charge on any atom is -0.494 e. The molecule has 0 radical (unpaired) electrons. The van der Waals surface area contributed by atoms with Crippen molar-refractivity contribution in [2.75, 3.05) is 11.9 Å².